The molecule has 2 amide bonds. The topological polar surface area (TPSA) is 88.2 Å². The number of amides is 2. The number of morpholine rings is 1. The van der Waals surface area contributed by atoms with Gasteiger partial charge in [0.1, 0.15) is 18.5 Å². The van der Waals surface area contributed by atoms with E-state index >= 15 is 0 Å². The maximum absolute atomic E-state index is 13.9. The van der Waals surface area contributed by atoms with Gasteiger partial charge in [0.15, 0.2) is 0 Å². The number of nitrogens with one attached hydrogen (secondary N) is 1. The van der Waals surface area contributed by atoms with E-state index in [1.54, 1.807) is 19.1 Å². The smallest absolute Gasteiger partial charge is 0.293 e. The summed E-state index contributed by atoms with van der Waals surface area (Å²) in [5.41, 5.74) is 1.09. The van der Waals surface area contributed by atoms with Gasteiger partial charge < -0.3 is 24.6 Å². The highest BCUT2D eigenvalue weighted by molar-refractivity contribution is 8.03. The first kappa shape index (κ1) is 32.4. The molecular formula is C25H40FN3O5S. The normalized spacial score (nSPS) is 14.0. The number of benzene rings is 1. The molecule has 0 aromatic heterocycles. The van der Waals surface area contributed by atoms with Crippen LogP contribution in [0.4, 0.5) is 15.8 Å². The van der Waals surface area contributed by atoms with Gasteiger partial charge in [-0.2, -0.15) is 0 Å². The Morgan fingerprint density at radius 1 is 1.37 bits per heavy atom. The van der Waals surface area contributed by atoms with Crippen LogP contribution < -0.4 is 15.1 Å². The van der Waals surface area contributed by atoms with Gasteiger partial charge in [-0.25, -0.2) is 4.39 Å². The van der Waals surface area contributed by atoms with E-state index in [-0.39, 0.29) is 30.3 Å². The average molecular weight is 514 g/mol. The van der Waals surface area contributed by atoms with Gasteiger partial charge in [-0.3, -0.25) is 14.4 Å². The van der Waals surface area contributed by atoms with Crippen molar-refractivity contribution >= 4 is 41.4 Å². The van der Waals surface area contributed by atoms with E-state index < -0.39 is 0 Å². The van der Waals surface area contributed by atoms with Crippen molar-refractivity contribution in [1.29, 1.82) is 0 Å². The van der Waals surface area contributed by atoms with E-state index in [1.165, 1.54) is 27.6 Å². The molecule has 1 aliphatic rings. The second-order valence-corrected chi connectivity index (χ2v) is 8.47. The third-order valence-electron chi connectivity index (χ3n) is 4.66. The minimum absolute atomic E-state index is 0.0227. The van der Waals surface area contributed by atoms with Crippen LogP contribution in [0, 0.1) is 5.82 Å². The van der Waals surface area contributed by atoms with Crippen molar-refractivity contribution in [2.75, 3.05) is 56.0 Å². The molecule has 1 fully saturated rings. The quantitative estimate of drug-likeness (QED) is 0.473. The molecule has 1 aliphatic heterocycles. The zero-order valence-electron chi connectivity index (χ0n) is 21.9. The maximum Gasteiger partial charge on any atom is 0.293 e. The Morgan fingerprint density at radius 2 is 2.06 bits per heavy atom. The molecule has 8 nitrogen and oxygen atoms in total. The molecule has 1 aromatic rings. The zero-order chi connectivity index (χ0) is 26.8. The fraction of sp³-hybridized carbons (Fsp3) is 0.560. The summed E-state index contributed by atoms with van der Waals surface area (Å²) in [6.45, 7) is 11.4. The number of anilines is 2. The van der Waals surface area contributed by atoms with Crippen LogP contribution in [0.5, 0.6) is 0 Å². The van der Waals surface area contributed by atoms with Crippen molar-refractivity contribution in [3.63, 3.8) is 0 Å². The summed E-state index contributed by atoms with van der Waals surface area (Å²) >= 11 is 1.53. The van der Waals surface area contributed by atoms with Gasteiger partial charge in [0.2, 0.25) is 5.91 Å². The van der Waals surface area contributed by atoms with Crippen LogP contribution in [0.15, 0.2) is 29.2 Å². The number of carbonyl (C=O) groups is 3. The largest absolute Gasteiger partial charge is 0.463 e. The first-order chi connectivity index (χ1) is 16.7. The van der Waals surface area contributed by atoms with Crippen LogP contribution in [-0.4, -0.2) is 70.5 Å². The molecule has 10 heteroatoms. The van der Waals surface area contributed by atoms with Crippen LogP contribution in [0.3, 0.4) is 0 Å². The molecule has 1 N–H and O–H groups in total. The van der Waals surface area contributed by atoms with Gasteiger partial charge in [0.05, 0.1) is 24.6 Å². The van der Waals surface area contributed by atoms with Crippen LogP contribution in [0.25, 0.3) is 0 Å². The standard InChI is InChI=1S/C12H15FN2O2.C11H19NO3S.C2H6/c1-14(2)9-3-4-11(10(13)7-9)15-5-6-17-8-12(15)16;1-4-10(5-2)16-7-11(14)12-6-9(3)15-8-13;1-2/h3-4,7H,5-6,8H2,1-2H3;4,8-9H,5-7H2,1-3H3,(H,12,14);1-2H3/b;10-4-;. The Morgan fingerprint density at radius 3 is 2.57 bits per heavy atom. The predicted molar refractivity (Wildman–Crippen MR) is 141 cm³/mol. The van der Waals surface area contributed by atoms with Crippen LogP contribution in [-0.2, 0) is 23.9 Å². The van der Waals surface area contributed by atoms with E-state index in [0.717, 1.165) is 12.1 Å². The van der Waals surface area contributed by atoms with E-state index in [4.69, 9.17) is 4.74 Å². The summed E-state index contributed by atoms with van der Waals surface area (Å²) in [7, 11) is 3.68. The Balaban J connectivity index is 0.000000619. The van der Waals surface area contributed by atoms with Crippen molar-refractivity contribution in [3.05, 3.63) is 35.0 Å². The van der Waals surface area contributed by atoms with Crippen molar-refractivity contribution in [3.8, 4) is 0 Å². The number of halogens is 1. The second kappa shape index (κ2) is 18.7. The summed E-state index contributed by atoms with van der Waals surface area (Å²) in [5, 5.41) is 2.70. The molecule has 198 valence electrons. The second-order valence-electron chi connectivity index (χ2n) is 7.37. The molecule has 1 saturated heterocycles. The van der Waals surface area contributed by atoms with Crippen LogP contribution in [0.1, 0.15) is 41.0 Å². The van der Waals surface area contributed by atoms with Gasteiger partial charge in [-0.1, -0.05) is 26.8 Å². The lowest BCUT2D eigenvalue weighted by molar-refractivity contribution is -0.133. The third-order valence-corrected chi connectivity index (χ3v) is 5.96. The Hall–Kier alpha value is -2.59. The maximum atomic E-state index is 13.9. The highest BCUT2D eigenvalue weighted by Gasteiger charge is 2.22. The number of hydrogen-bond acceptors (Lipinski definition) is 7. The number of ether oxygens (including phenoxy) is 2. The van der Waals surface area contributed by atoms with Gasteiger partial charge in [-0.05, 0) is 43.4 Å². The van der Waals surface area contributed by atoms with E-state index in [1.807, 2.05) is 45.8 Å². The first-order valence-electron chi connectivity index (χ1n) is 11.7. The van der Waals surface area contributed by atoms with Crippen molar-refractivity contribution < 1.29 is 28.2 Å². The number of allylic oxidation sites excluding steroid dienone is 2. The van der Waals surface area contributed by atoms with Crippen LogP contribution >= 0.6 is 11.8 Å². The SMILES string of the molecule is C/C=C(/CC)SCC(=O)NCC(C)OC=O.CC.CN(C)c1ccc(N2CCOCC2=O)c(F)c1. The molecule has 0 radical (unpaired) electrons. The number of nitrogens with zero attached hydrogens (tertiary/aromatic N) is 2. The van der Waals surface area contributed by atoms with Crippen molar-refractivity contribution in [2.45, 2.75) is 47.1 Å². The molecule has 1 heterocycles. The molecule has 35 heavy (non-hydrogen) atoms. The van der Waals surface area contributed by atoms with E-state index in [9.17, 15) is 18.8 Å². The first-order valence-corrected chi connectivity index (χ1v) is 12.7. The van der Waals surface area contributed by atoms with Crippen molar-refractivity contribution in [2.24, 2.45) is 0 Å². The third kappa shape index (κ3) is 12.6. The van der Waals surface area contributed by atoms with Gasteiger partial charge in [0, 0.05) is 26.3 Å². The monoisotopic (exact) mass is 513 g/mol. The highest BCUT2D eigenvalue weighted by atomic mass is 32.2. The Labute approximate surface area is 213 Å². The summed E-state index contributed by atoms with van der Waals surface area (Å²) in [4.78, 5) is 37.4. The van der Waals surface area contributed by atoms with Crippen LogP contribution in [0.2, 0.25) is 0 Å². The minimum Gasteiger partial charge on any atom is -0.463 e. The van der Waals surface area contributed by atoms with Gasteiger partial charge >= 0.3 is 0 Å². The Kier molecular flexibility index (Phi) is 17.3. The molecule has 1 atom stereocenters. The molecular weight excluding hydrogens is 473 g/mol. The van der Waals surface area contributed by atoms with Gasteiger partial charge in [-0.15, -0.1) is 11.8 Å². The number of rotatable bonds is 10. The highest BCUT2D eigenvalue weighted by Crippen LogP contribution is 2.25. The number of hydrogen-bond donors (Lipinski definition) is 1. The lowest BCUT2D eigenvalue weighted by Gasteiger charge is -2.27. The lowest BCUT2D eigenvalue weighted by atomic mass is 10.2. The van der Waals surface area contributed by atoms with E-state index in [2.05, 4.69) is 17.0 Å². The van der Waals surface area contributed by atoms with E-state index in [0.29, 0.717) is 37.6 Å². The molecule has 2 rings (SSSR count). The van der Waals surface area contributed by atoms with Crippen molar-refractivity contribution in [1.82, 2.24) is 5.32 Å². The molecule has 1 aromatic carbocycles. The zero-order valence-corrected chi connectivity index (χ0v) is 22.7. The number of thioether (sulfide) groups is 1. The van der Waals surface area contributed by atoms with Gasteiger partial charge in [0.25, 0.3) is 12.4 Å². The summed E-state index contributed by atoms with van der Waals surface area (Å²) in [6.07, 6.45) is 2.67. The summed E-state index contributed by atoms with van der Waals surface area (Å²) in [5.74, 6) is -0.222. The molecule has 0 bridgehead atoms. The molecule has 0 spiro atoms. The number of carbonyl (C=O) groups excluding carboxylic acids is 3. The average Bonchev–Trinajstić information content (AvgIpc) is 2.85. The fourth-order valence-corrected chi connectivity index (χ4v) is 3.55. The summed E-state index contributed by atoms with van der Waals surface area (Å²) < 4.78 is 23.6. The fourth-order valence-electron chi connectivity index (χ4n) is 2.76. The summed E-state index contributed by atoms with van der Waals surface area (Å²) in [6, 6.07) is 4.85. The lowest BCUT2D eigenvalue weighted by Crippen LogP contribution is -2.42. The molecule has 0 aliphatic carbocycles. The predicted octanol–water partition coefficient (Wildman–Crippen LogP) is 3.99. The molecule has 1 unspecified atom stereocenters. The minimum atomic E-state index is -0.383. The Bertz CT molecular complexity index is 820. The molecule has 0 saturated carbocycles.